The highest BCUT2D eigenvalue weighted by Crippen LogP contribution is 2.30. The van der Waals surface area contributed by atoms with Crippen LogP contribution in [0.3, 0.4) is 0 Å². The Bertz CT molecular complexity index is 521. The molecule has 1 N–H and O–H groups in total. The maximum Gasteiger partial charge on any atom is 0.309 e. The van der Waals surface area contributed by atoms with Crippen molar-refractivity contribution in [3.8, 4) is 0 Å². The number of rotatable bonds is 7. The number of esters is 1. The molecule has 120 valence electrons. The minimum Gasteiger partial charge on any atom is -0.455 e. The second-order valence-corrected chi connectivity index (χ2v) is 5.86. The fourth-order valence-corrected chi connectivity index (χ4v) is 2.35. The van der Waals surface area contributed by atoms with Gasteiger partial charge in [0, 0.05) is 24.0 Å². The van der Waals surface area contributed by atoms with E-state index < -0.39 is 0 Å². The lowest BCUT2D eigenvalue weighted by molar-refractivity contribution is -0.148. The van der Waals surface area contributed by atoms with Crippen molar-refractivity contribution >= 4 is 23.3 Å². The number of benzene rings is 1. The SMILES string of the molecule is CCN(c1ccc(NC(=O)COC(=O)C2CC2)cc1)C(C)C. The summed E-state index contributed by atoms with van der Waals surface area (Å²) in [7, 11) is 0. The topological polar surface area (TPSA) is 58.6 Å². The number of nitrogens with zero attached hydrogens (tertiary/aromatic N) is 1. The van der Waals surface area contributed by atoms with Crippen LogP contribution >= 0.6 is 0 Å². The number of amides is 1. The predicted octanol–water partition coefficient (Wildman–Crippen LogP) is 2.81. The van der Waals surface area contributed by atoms with E-state index >= 15 is 0 Å². The summed E-state index contributed by atoms with van der Waals surface area (Å²) < 4.78 is 4.95. The molecule has 1 aliphatic carbocycles. The lowest BCUT2D eigenvalue weighted by Crippen LogP contribution is -2.30. The van der Waals surface area contributed by atoms with Crippen LogP contribution in [0, 0.1) is 5.92 Å². The molecule has 0 spiro atoms. The van der Waals surface area contributed by atoms with Gasteiger partial charge >= 0.3 is 5.97 Å². The first kappa shape index (κ1) is 16.3. The van der Waals surface area contributed by atoms with Gasteiger partial charge in [-0.25, -0.2) is 0 Å². The van der Waals surface area contributed by atoms with Crippen molar-refractivity contribution < 1.29 is 14.3 Å². The molecule has 2 rings (SSSR count). The highest BCUT2D eigenvalue weighted by Gasteiger charge is 2.31. The van der Waals surface area contributed by atoms with Crippen molar-refractivity contribution in [3.05, 3.63) is 24.3 Å². The third-order valence-corrected chi connectivity index (χ3v) is 3.70. The van der Waals surface area contributed by atoms with Crippen LogP contribution in [0.25, 0.3) is 0 Å². The van der Waals surface area contributed by atoms with Gasteiger partial charge in [-0.2, -0.15) is 0 Å². The Labute approximate surface area is 131 Å². The van der Waals surface area contributed by atoms with Crippen LogP contribution in [0.4, 0.5) is 11.4 Å². The zero-order chi connectivity index (χ0) is 16.1. The van der Waals surface area contributed by atoms with E-state index in [0.717, 1.165) is 25.1 Å². The normalized spacial score (nSPS) is 13.8. The first-order valence-corrected chi connectivity index (χ1v) is 7.84. The highest BCUT2D eigenvalue weighted by atomic mass is 16.5. The number of hydrogen-bond donors (Lipinski definition) is 1. The summed E-state index contributed by atoms with van der Waals surface area (Å²) in [5.41, 5.74) is 1.83. The maximum absolute atomic E-state index is 11.7. The fraction of sp³-hybridized carbons (Fsp3) is 0.529. The second kappa shape index (κ2) is 7.29. The Morgan fingerprint density at radius 2 is 1.91 bits per heavy atom. The quantitative estimate of drug-likeness (QED) is 0.787. The predicted molar refractivity (Wildman–Crippen MR) is 86.9 cm³/mol. The Balaban J connectivity index is 1.84. The molecule has 0 unspecified atom stereocenters. The Hall–Kier alpha value is -2.04. The summed E-state index contributed by atoms with van der Waals surface area (Å²) in [6.45, 7) is 7.12. The van der Waals surface area contributed by atoms with Gasteiger partial charge in [0.25, 0.3) is 5.91 Å². The Morgan fingerprint density at radius 3 is 2.41 bits per heavy atom. The van der Waals surface area contributed by atoms with E-state index in [9.17, 15) is 9.59 Å². The molecule has 1 aromatic rings. The molecule has 0 radical (unpaired) electrons. The van der Waals surface area contributed by atoms with Gasteiger partial charge in [0.05, 0.1) is 5.92 Å². The van der Waals surface area contributed by atoms with Crippen molar-refractivity contribution in [2.24, 2.45) is 5.92 Å². The molecule has 1 aromatic carbocycles. The molecule has 1 amide bonds. The van der Waals surface area contributed by atoms with E-state index in [2.05, 4.69) is 31.0 Å². The molecule has 5 nitrogen and oxygen atoms in total. The van der Waals surface area contributed by atoms with Gasteiger partial charge in [0.15, 0.2) is 6.61 Å². The summed E-state index contributed by atoms with van der Waals surface area (Å²) in [6, 6.07) is 8.11. The lowest BCUT2D eigenvalue weighted by atomic mass is 10.2. The zero-order valence-corrected chi connectivity index (χ0v) is 13.5. The minimum atomic E-state index is -0.307. The van der Waals surface area contributed by atoms with E-state index in [4.69, 9.17) is 4.74 Å². The fourth-order valence-electron chi connectivity index (χ4n) is 2.35. The van der Waals surface area contributed by atoms with Crippen LogP contribution in [0.2, 0.25) is 0 Å². The van der Waals surface area contributed by atoms with Gasteiger partial charge in [-0.3, -0.25) is 9.59 Å². The van der Waals surface area contributed by atoms with Crippen molar-refractivity contribution in [1.29, 1.82) is 0 Å². The number of carbonyl (C=O) groups excluding carboxylic acids is 2. The molecule has 1 aliphatic rings. The van der Waals surface area contributed by atoms with Crippen LogP contribution in [0.15, 0.2) is 24.3 Å². The van der Waals surface area contributed by atoms with Crippen molar-refractivity contribution in [2.45, 2.75) is 39.7 Å². The summed E-state index contributed by atoms with van der Waals surface area (Å²) >= 11 is 0. The molecule has 1 fully saturated rings. The first-order valence-electron chi connectivity index (χ1n) is 7.84. The molecular weight excluding hydrogens is 280 g/mol. The van der Waals surface area contributed by atoms with Gasteiger partial charge in [0.1, 0.15) is 0 Å². The Morgan fingerprint density at radius 1 is 1.27 bits per heavy atom. The number of anilines is 2. The monoisotopic (exact) mass is 304 g/mol. The van der Waals surface area contributed by atoms with Gasteiger partial charge in [-0.05, 0) is 57.9 Å². The molecular formula is C17H24N2O3. The van der Waals surface area contributed by atoms with E-state index in [0.29, 0.717) is 11.7 Å². The molecule has 1 saturated carbocycles. The summed E-state index contributed by atoms with van der Waals surface area (Å²) in [5, 5.41) is 2.74. The molecule has 0 saturated heterocycles. The zero-order valence-electron chi connectivity index (χ0n) is 13.5. The van der Waals surface area contributed by atoms with Gasteiger partial charge in [-0.1, -0.05) is 0 Å². The molecule has 22 heavy (non-hydrogen) atoms. The van der Waals surface area contributed by atoms with Crippen LogP contribution < -0.4 is 10.2 Å². The largest absolute Gasteiger partial charge is 0.455 e. The van der Waals surface area contributed by atoms with Gasteiger partial charge < -0.3 is 15.0 Å². The van der Waals surface area contributed by atoms with E-state index in [1.807, 2.05) is 24.3 Å². The maximum atomic E-state index is 11.7. The first-order chi connectivity index (χ1) is 10.5. The van der Waals surface area contributed by atoms with Crippen molar-refractivity contribution in [2.75, 3.05) is 23.4 Å². The molecule has 0 bridgehead atoms. The number of ether oxygens (including phenoxy) is 1. The minimum absolute atomic E-state index is 0.0168. The average molecular weight is 304 g/mol. The highest BCUT2D eigenvalue weighted by molar-refractivity contribution is 5.93. The van der Waals surface area contributed by atoms with Gasteiger partial charge in [0.2, 0.25) is 0 Å². The third-order valence-electron chi connectivity index (χ3n) is 3.70. The molecule has 0 aliphatic heterocycles. The summed E-state index contributed by atoms with van der Waals surface area (Å²) in [6.07, 6.45) is 1.76. The van der Waals surface area contributed by atoms with Crippen LogP contribution in [-0.4, -0.2) is 31.1 Å². The molecule has 0 atom stereocenters. The van der Waals surface area contributed by atoms with Crippen molar-refractivity contribution in [1.82, 2.24) is 0 Å². The van der Waals surface area contributed by atoms with E-state index in [1.165, 1.54) is 0 Å². The Kier molecular flexibility index (Phi) is 5.41. The van der Waals surface area contributed by atoms with Gasteiger partial charge in [-0.15, -0.1) is 0 Å². The molecule has 5 heteroatoms. The smallest absolute Gasteiger partial charge is 0.309 e. The third kappa shape index (κ3) is 4.48. The van der Waals surface area contributed by atoms with Crippen LogP contribution in [0.1, 0.15) is 33.6 Å². The average Bonchev–Trinajstić information content (AvgIpc) is 3.31. The standard InChI is InChI=1S/C17H24N2O3/c1-4-19(12(2)3)15-9-7-14(8-10-15)18-16(20)11-22-17(21)13-5-6-13/h7-10,12-13H,4-6,11H2,1-3H3,(H,18,20). The van der Waals surface area contributed by atoms with Crippen LogP contribution in [-0.2, 0) is 14.3 Å². The van der Waals surface area contributed by atoms with Crippen molar-refractivity contribution in [3.63, 3.8) is 0 Å². The number of hydrogen-bond acceptors (Lipinski definition) is 4. The number of carbonyl (C=O) groups is 2. The van der Waals surface area contributed by atoms with Crippen LogP contribution in [0.5, 0.6) is 0 Å². The summed E-state index contributed by atoms with van der Waals surface area (Å²) in [4.78, 5) is 25.4. The number of nitrogens with one attached hydrogen (secondary N) is 1. The second-order valence-electron chi connectivity index (χ2n) is 5.86. The summed E-state index contributed by atoms with van der Waals surface area (Å²) in [5.74, 6) is -0.554. The molecule has 0 aromatic heterocycles. The van der Waals surface area contributed by atoms with E-state index in [-0.39, 0.29) is 24.4 Å². The lowest BCUT2D eigenvalue weighted by Gasteiger charge is -2.27. The molecule has 0 heterocycles. The van der Waals surface area contributed by atoms with E-state index in [1.54, 1.807) is 0 Å².